The third kappa shape index (κ3) is 2.89. The van der Waals surface area contributed by atoms with Crippen LogP contribution in [0.4, 0.5) is 0 Å². The maximum Gasteiger partial charge on any atom is 0.00990 e. The van der Waals surface area contributed by atoms with Crippen LogP contribution in [0.15, 0.2) is 6.07 Å². The topological polar surface area (TPSA) is 0 Å². The molecule has 16 heavy (non-hydrogen) atoms. The van der Waals surface area contributed by atoms with E-state index in [1.165, 1.54) is 27.8 Å². The van der Waals surface area contributed by atoms with E-state index in [0.717, 1.165) is 25.7 Å². The molecule has 1 rings (SSSR count). The summed E-state index contributed by atoms with van der Waals surface area (Å²) in [4.78, 5) is 0. The van der Waals surface area contributed by atoms with E-state index < -0.39 is 0 Å². The first-order chi connectivity index (χ1) is 7.57. The molecule has 0 heteroatoms. The lowest BCUT2D eigenvalue weighted by Gasteiger charge is -2.14. The molecule has 1 radical (unpaired) electrons. The van der Waals surface area contributed by atoms with Crippen LogP contribution in [0.3, 0.4) is 0 Å². The van der Waals surface area contributed by atoms with Crippen LogP contribution in [-0.2, 0) is 6.42 Å². The SMILES string of the molecule is [C]#CCCCCc1cc(C)c(C)c(C)c1C. The Hall–Kier alpha value is -1.22. The van der Waals surface area contributed by atoms with Gasteiger partial charge in [-0.1, -0.05) is 12.0 Å². The summed E-state index contributed by atoms with van der Waals surface area (Å²) in [6, 6.07) is 2.33. The number of benzene rings is 1. The van der Waals surface area contributed by atoms with Gasteiger partial charge in [-0.2, -0.15) is 0 Å². The van der Waals surface area contributed by atoms with Crippen molar-refractivity contribution in [2.75, 3.05) is 0 Å². The monoisotopic (exact) mass is 213 g/mol. The molecule has 0 amide bonds. The predicted molar refractivity (Wildman–Crippen MR) is 70.1 cm³/mol. The van der Waals surface area contributed by atoms with Crippen molar-refractivity contribution in [3.63, 3.8) is 0 Å². The minimum atomic E-state index is 0.795. The zero-order valence-corrected chi connectivity index (χ0v) is 10.9. The summed E-state index contributed by atoms with van der Waals surface area (Å²) < 4.78 is 0. The van der Waals surface area contributed by atoms with Crippen molar-refractivity contribution in [1.82, 2.24) is 0 Å². The van der Waals surface area contributed by atoms with Gasteiger partial charge in [0, 0.05) is 6.42 Å². The predicted octanol–water partition coefficient (Wildman–Crippen LogP) is 4.22. The molecule has 0 fully saturated rings. The zero-order valence-electron chi connectivity index (χ0n) is 10.9. The molecule has 0 saturated carbocycles. The molecule has 0 bridgehead atoms. The van der Waals surface area contributed by atoms with E-state index >= 15 is 0 Å². The Labute approximate surface area is 100 Å². The summed E-state index contributed by atoms with van der Waals surface area (Å²) in [5, 5.41) is 0. The molecule has 0 aromatic heterocycles. The van der Waals surface area contributed by atoms with Crippen molar-refractivity contribution in [3.05, 3.63) is 40.3 Å². The minimum Gasteiger partial charge on any atom is -0.0891 e. The maximum absolute atomic E-state index is 6.87. The van der Waals surface area contributed by atoms with Crippen LogP contribution in [0.25, 0.3) is 0 Å². The summed E-state index contributed by atoms with van der Waals surface area (Å²) in [5.74, 6) is 2.45. The Bertz CT molecular complexity index is 405. The van der Waals surface area contributed by atoms with Crippen LogP contribution < -0.4 is 0 Å². The molecule has 0 spiro atoms. The van der Waals surface area contributed by atoms with E-state index in [0.29, 0.717) is 0 Å². The fourth-order valence-corrected chi connectivity index (χ4v) is 2.08. The summed E-state index contributed by atoms with van der Waals surface area (Å²) in [6.07, 6.45) is 11.0. The van der Waals surface area contributed by atoms with Crippen molar-refractivity contribution in [2.24, 2.45) is 0 Å². The first-order valence-electron chi connectivity index (χ1n) is 6.03. The lowest BCUT2D eigenvalue weighted by atomic mass is 9.92. The molecular weight excluding hydrogens is 192 g/mol. The summed E-state index contributed by atoms with van der Waals surface area (Å²) in [5.41, 5.74) is 7.19. The van der Waals surface area contributed by atoms with Gasteiger partial charge >= 0.3 is 0 Å². The Balaban J connectivity index is 2.78. The molecule has 0 heterocycles. The van der Waals surface area contributed by atoms with Gasteiger partial charge in [0.15, 0.2) is 0 Å². The van der Waals surface area contributed by atoms with Gasteiger partial charge in [0.2, 0.25) is 0 Å². The average Bonchev–Trinajstić information content (AvgIpc) is 2.28. The van der Waals surface area contributed by atoms with Crippen molar-refractivity contribution in [1.29, 1.82) is 0 Å². The molecule has 1 aromatic carbocycles. The highest BCUT2D eigenvalue weighted by Crippen LogP contribution is 2.22. The summed E-state index contributed by atoms with van der Waals surface area (Å²) in [6.45, 7) is 8.83. The quantitative estimate of drug-likeness (QED) is 0.519. The van der Waals surface area contributed by atoms with Crippen molar-refractivity contribution in [3.8, 4) is 5.92 Å². The average molecular weight is 213 g/mol. The number of hydrogen-bond donors (Lipinski definition) is 0. The molecule has 0 aliphatic rings. The molecule has 0 saturated heterocycles. The van der Waals surface area contributed by atoms with E-state index in [2.05, 4.69) is 39.7 Å². The highest BCUT2D eigenvalue weighted by atomic mass is 14.1. The van der Waals surface area contributed by atoms with Gasteiger partial charge in [-0.3, -0.25) is 0 Å². The zero-order chi connectivity index (χ0) is 12.1. The fraction of sp³-hybridized carbons (Fsp3) is 0.500. The van der Waals surface area contributed by atoms with E-state index in [1.807, 2.05) is 0 Å². The molecule has 0 aliphatic heterocycles. The molecule has 0 unspecified atom stereocenters. The normalized spacial score (nSPS) is 10.2. The van der Waals surface area contributed by atoms with Crippen LogP contribution in [-0.4, -0.2) is 0 Å². The second-order valence-corrected chi connectivity index (χ2v) is 4.61. The number of aryl methyl sites for hydroxylation is 2. The number of rotatable bonds is 4. The van der Waals surface area contributed by atoms with Crippen molar-refractivity contribution in [2.45, 2.75) is 53.4 Å². The van der Waals surface area contributed by atoms with Crippen LogP contribution in [0.2, 0.25) is 0 Å². The second-order valence-electron chi connectivity index (χ2n) is 4.61. The maximum atomic E-state index is 6.87. The van der Waals surface area contributed by atoms with E-state index in [4.69, 9.17) is 6.42 Å². The van der Waals surface area contributed by atoms with E-state index in [-0.39, 0.29) is 0 Å². The highest BCUT2D eigenvalue weighted by Gasteiger charge is 2.06. The first-order valence-corrected chi connectivity index (χ1v) is 6.03. The standard InChI is InChI=1S/C16H21/c1-6-7-8-9-10-16-11-12(2)13(3)14(4)15(16)5/h11H,7-10H2,2-5H3. The van der Waals surface area contributed by atoms with Gasteiger partial charge in [0.05, 0.1) is 0 Å². The molecule has 0 atom stereocenters. The molecular formula is C16H21. The van der Waals surface area contributed by atoms with Crippen LogP contribution in [0.1, 0.15) is 47.1 Å². The van der Waals surface area contributed by atoms with Crippen LogP contribution in [0.5, 0.6) is 0 Å². The lowest BCUT2D eigenvalue weighted by molar-refractivity contribution is 0.752. The Kier molecular flexibility index (Phi) is 4.62. The molecule has 0 N–H and O–H groups in total. The van der Waals surface area contributed by atoms with Crippen molar-refractivity contribution < 1.29 is 0 Å². The van der Waals surface area contributed by atoms with Crippen molar-refractivity contribution >= 4 is 0 Å². The van der Waals surface area contributed by atoms with Crippen LogP contribution >= 0.6 is 0 Å². The van der Waals surface area contributed by atoms with Gasteiger partial charge in [-0.15, -0.1) is 0 Å². The van der Waals surface area contributed by atoms with Crippen LogP contribution in [0, 0.1) is 40.0 Å². The fourth-order valence-electron chi connectivity index (χ4n) is 2.08. The third-order valence-corrected chi connectivity index (χ3v) is 3.59. The molecule has 1 aromatic rings. The van der Waals surface area contributed by atoms with Gasteiger partial charge < -0.3 is 0 Å². The highest BCUT2D eigenvalue weighted by molar-refractivity contribution is 5.43. The smallest absolute Gasteiger partial charge is 0.00990 e. The van der Waals surface area contributed by atoms with E-state index in [1.54, 1.807) is 0 Å². The largest absolute Gasteiger partial charge is 0.0891 e. The van der Waals surface area contributed by atoms with Gasteiger partial charge in [0.25, 0.3) is 0 Å². The molecule has 0 aliphatic carbocycles. The molecule has 85 valence electrons. The first kappa shape index (κ1) is 12.8. The Morgan fingerprint density at radius 1 is 1.00 bits per heavy atom. The summed E-state index contributed by atoms with van der Waals surface area (Å²) in [7, 11) is 0. The number of hydrogen-bond acceptors (Lipinski definition) is 0. The van der Waals surface area contributed by atoms with E-state index in [9.17, 15) is 0 Å². The minimum absolute atomic E-state index is 0.795. The molecule has 0 nitrogen and oxygen atoms in total. The lowest BCUT2D eigenvalue weighted by Crippen LogP contribution is -1.98. The number of unbranched alkanes of at least 4 members (excludes halogenated alkanes) is 2. The third-order valence-electron chi connectivity index (χ3n) is 3.59. The summed E-state index contributed by atoms with van der Waals surface area (Å²) >= 11 is 0. The second kappa shape index (κ2) is 5.75. The Morgan fingerprint density at radius 2 is 1.69 bits per heavy atom. The van der Waals surface area contributed by atoms with Gasteiger partial charge in [0.1, 0.15) is 0 Å². The Morgan fingerprint density at radius 3 is 2.31 bits per heavy atom. The van der Waals surface area contributed by atoms with Gasteiger partial charge in [-0.05, 0) is 81.2 Å². The van der Waals surface area contributed by atoms with Gasteiger partial charge in [-0.25, -0.2) is 0 Å².